The third kappa shape index (κ3) is 5.87. The van der Waals surface area contributed by atoms with Gasteiger partial charge in [-0.1, -0.05) is 0 Å². The molecule has 160 valence electrons. The highest BCUT2D eigenvalue weighted by Crippen LogP contribution is 2.30. The van der Waals surface area contributed by atoms with Crippen LogP contribution in [0.25, 0.3) is 0 Å². The van der Waals surface area contributed by atoms with E-state index in [9.17, 15) is 9.59 Å². The molecule has 0 radical (unpaired) electrons. The largest absolute Gasteiger partial charge is 0.493 e. The number of methoxy groups -OCH3 is 4. The molecule has 0 aliphatic rings. The van der Waals surface area contributed by atoms with E-state index in [1.807, 2.05) is 0 Å². The minimum absolute atomic E-state index is 0.000554. The van der Waals surface area contributed by atoms with Gasteiger partial charge >= 0.3 is 0 Å². The number of nitrogens with zero attached hydrogens (tertiary/aromatic N) is 1. The molecule has 9 heteroatoms. The fourth-order valence-electron chi connectivity index (χ4n) is 2.58. The average molecular weight is 415 g/mol. The van der Waals surface area contributed by atoms with E-state index >= 15 is 0 Å². The number of anilines is 1. The molecule has 9 nitrogen and oxygen atoms in total. The van der Waals surface area contributed by atoms with Gasteiger partial charge in [0.2, 0.25) is 5.91 Å². The number of hydrogen-bond donors (Lipinski definition) is 2. The van der Waals surface area contributed by atoms with E-state index in [4.69, 9.17) is 18.9 Å². The number of rotatable bonds is 9. The molecule has 2 N–H and O–H groups in total. The van der Waals surface area contributed by atoms with Gasteiger partial charge in [-0.05, 0) is 37.3 Å². The number of hydrogen-bond acceptors (Lipinski definition) is 7. The topological polar surface area (TPSA) is 107 Å². The average Bonchev–Trinajstić information content (AvgIpc) is 2.76. The van der Waals surface area contributed by atoms with Crippen LogP contribution in [0.2, 0.25) is 0 Å². The Labute approximate surface area is 175 Å². The summed E-state index contributed by atoms with van der Waals surface area (Å²) in [6.45, 7) is 1.64. The SMILES string of the molecule is COc1ccc(NC(=O)C/C(C)=N\NC(=O)c2ccc(OC)c(OC)c2)cc1OC. The zero-order valence-corrected chi connectivity index (χ0v) is 17.6. The third-order valence-electron chi connectivity index (χ3n) is 4.08. The van der Waals surface area contributed by atoms with Crippen molar-refractivity contribution in [3.8, 4) is 23.0 Å². The first-order valence-electron chi connectivity index (χ1n) is 8.99. The van der Waals surface area contributed by atoms with Crippen LogP contribution in [0.4, 0.5) is 5.69 Å². The first kappa shape index (κ1) is 22.5. The van der Waals surface area contributed by atoms with Crippen molar-refractivity contribution in [3.63, 3.8) is 0 Å². The zero-order valence-electron chi connectivity index (χ0n) is 17.6. The Morgan fingerprint density at radius 2 is 1.40 bits per heavy atom. The molecular formula is C21H25N3O6. The first-order chi connectivity index (χ1) is 14.4. The van der Waals surface area contributed by atoms with Crippen molar-refractivity contribution in [2.45, 2.75) is 13.3 Å². The van der Waals surface area contributed by atoms with Crippen LogP contribution in [-0.4, -0.2) is 46.0 Å². The van der Waals surface area contributed by atoms with E-state index in [0.717, 1.165) is 0 Å². The summed E-state index contributed by atoms with van der Waals surface area (Å²) in [5.41, 5.74) is 3.76. The van der Waals surface area contributed by atoms with Crippen molar-refractivity contribution in [2.75, 3.05) is 33.8 Å². The summed E-state index contributed by atoms with van der Waals surface area (Å²) in [5.74, 6) is 1.29. The van der Waals surface area contributed by atoms with Gasteiger partial charge in [0, 0.05) is 23.0 Å². The molecule has 0 aliphatic heterocycles. The van der Waals surface area contributed by atoms with Gasteiger partial charge in [0.1, 0.15) is 0 Å². The van der Waals surface area contributed by atoms with Crippen molar-refractivity contribution in [2.24, 2.45) is 5.10 Å². The number of hydrazone groups is 1. The number of ether oxygens (including phenoxy) is 4. The van der Waals surface area contributed by atoms with Gasteiger partial charge in [0.15, 0.2) is 23.0 Å². The summed E-state index contributed by atoms with van der Waals surface area (Å²) in [5, 5.41) is 6.73. The molecule has 0 aromatic heterocycles. The summed E-state index contributed by atoms with van der Waals surface area (Å²) in [4.78, 5) is 24.5. The van der Waals surface area contributed by atoms with Crippen LogP contribution in [0.3, 0.4) is 0 Å². The maximum atomic E-state index is 12.3. The van der Waals surface area contributed by atoms with Gasteiger partial charge in [-0.15, -0.1) is 0 Å². The number of amides is 2. The molecule has 30 heavy (non-hydrogen) atoms. The molecule has 0 saturated carbocycles. The Morgan fingerprint density at radius 1 is 0.833 bits per heavy atom. The molecule has 0 fully saturated rings. The Bertz CT molecular complexity index is 942. The second-order valence-corrected chi connectivity index (χ2v) is 6.15. The minimum Gasteiger partial charge on any atom is -0.493 e. The van der Waals surface area contributed by atoms with E-state index in [-0.39, 0.29) is 12.3 Å². The summed E-state index contributed by atoms with van der Waals surface area (Å²) < 4.78 is 20.7. The summed E-state index contributed by atoms with van der Waals surface area (Å²) in [7, 11) is 6.05. The molecule has 0 unspecified atom stereocenters. The highest BCUT2D eigenvalue weighted by atomic mass is 16.5. The second kappa shape index (κ2) is 10.7. The lowest BCUT2D eigenvalue weighted by atomic mass is 10.2. The molecule has 0 spiro atoms. The molecule has 0 heterocycles. The van der Waals surface area contributed by atoms with E-state index in [1.54, 1.807) is 43.3 Å². The van der Waals surface area contributed by atoms with Gasteiger partial charge < -0.3 is 24.3 Å². The zero-order chi connectivity index (χ0) is 22.1. The van der Waals surface area contributed by atoms with Crippen LogP contribution >= 0.6 is 0 Å². The van der Waals surface area contributed by atoms with E-state index < -0.39 is 5.91 Å². The van der Waals surface area contributed by atoms with Gasteiger partial charge in [-0.3, -0.25) is 9.59 Å². The molecule has 2 aromatic carbocycles. The van der Waals surface area contributed by atoms with Crippen LogP contribution in [0.15, 0.2) is 41.5 Å². The van der Waals surface area contributed by atoms with Crippen LogP contribution in [0, 0.1) is 0 Å². The van der Waals surface area contributed by atoms with E-state index in [1.165, 1.54) is 28.4 Å². The molecule has 2 rings (SSSR count). The third-order valence-corrected chi connectivity index (χ3v) is 4.08. The summed E-state index contributed by atoms with van der Waals surface area (Å²) in [6, 6.07) is 9.81. The molecule has 0 aliphatic carbocycles. The van der Waals surface area contributed by atoms with Crippen molar-refractivity contribution in [1.29, 1.82) is 0 Å². The number of nitrogens with one attached hydrogen (secondary N) is 2. The quantitative estimate of drug-likeness (QED) is 0.482. The molecule has 0 bridgehead atoms. The highest BCUT2D eigenvalue weighted by Gasteiger charge is 2.12. The lowest BCUT2D eigenvalue weighted by Gasteiger charge is -2.11. The van der Waals surface area contributed by atoms with Gasteiger partial charge in [0.25, 0.3) is 5.91 Å². The van der Waals surface area contributed by atoms with Crippen molar-refractivity contribution in [1.82, 2.24) is 5.43 Å². The maximum absolute atomic E-state index is 12.3. The van der Waals surface area contributed by atoms with Crippen LogP contribution in [0.1, 0.15) is 23.7 Å². The molecule has 2 aromatic rings. The predicted octanol–water partition coefficient (Wildman–Crippen LogP) is 2.86. The van der Waals surface area contributed by atoms with E-state index in [0.29, 0.717) is 40.0 Å². The predicted molar refractivity (Wildman–Crippen MR) is 113 cm³/mol. The molecule has 2 amide bonds. The van der Waals surface area contributed by atoms with Crippen molar-refractivity contribution in [3.05, 3.63) is 42.0 Å². The summed E-state index contributed by atoms with van der Waals surface area (Å²) in [6.07, 6.45) is 0.000554. The minimum atomic E-state index is -0.435. The Kier molecular flexibility index (Phi) is 8.04. The molecular weight excluding hydrogens is 390 g/mol. The highest BCUT2D eigenvalue weighted by molar-refractivity contribution is 6.06. The lowest BCUT2D eigenvalue weighted by Crippen LogP contribution is -2.21. The van der Waals surface area contributed by atoms with Crippen LogP contribution in [-0.2, 0) is 4.79 Å². The lowest BCUT2D eigenvalue weighted by molar-refractivity contribution is -0.115. The fourth-order valence-corrected chi connectivity index (χ4v) is 2.58. The Morgan fingerprint density at radius 3 is 2.00 bits per heavy atom. The molecule has 0 saturated heterocycles. The normalized spacial score (nSPS) is 10.8. The Hall–Kier alpha value is -3.75. The standard InChI is InChI=1S/C21H25N3O6/c1-13(10-20(25)22-15-7-9-17(28-3)19(12-15)30-5)23-24-21(26)14-6-8-16(27-2)18(11-14)29-4/h6-9,11-12H,10H2,1-5H3,(H,22,25)(H,24,26)/b23-13-. The smallest absolute Gasteiger partial charge is 0.271 e. The van der Waals surface area contributed by atoms with Crippen molar-refractivity contribution >= 4 is 23.2 Å². The maximum Gasteiger partial charge on any atom is 0.271 e. The summed E-state index contributed by atoms with van der Waals surface area (Å²) >= 11 is 0. The van der Waals surface area contributed by atoms with Gasteiger partial charge in [-0.25, -0.2) is 5.43 Å². The fraction of sp³-hybridized carbons (Fsp3) is 0.286. The van der Waals surface area contributed by atoms with Crippen LogP contribution in [0.5, 0.6) is 23.0 Å². The van der Waals surface area contributed by atoms with Gasteiger partial charge in [0.05, 0.1) is 34.9 Å². The number of benzene rings is 2. The first-order valence-corrected chi connectivity index (χ1v) is 8.99. The molecule has 0 atom stereocenters. The van der Waals surface area contributed by atoms with Crippen LogP contribution < -0.4 is 29.7 Å². The number of carbonyl (C=O) groups is 2. The number of carbonyl (C=O) groups excluding carboxylic acids is 2. The monoisotopic (exact) mass is 415 g/mol. The Balaban J connectivity index is 1.96. The van der Waals surface area contributed by atoms with E-state index in [2.05, 4.69) is 15.8 Å². The van der Waals surface area contributed by atoms with Crippen molar-refractivity contribution < 1.29 is 28.5 Å². The second-order valence-electron chi connectivity index (χ2n) is 6.15. The van der Waals surface area contributed by atoms with Gasteiger partial charge in [-0.2, -0.15) is 5.10 Å².